The molecule has 0 saturated carbocycles. The van der Waals surface area contributed by atoms with Crippen LogP contribution < -0.4 is 20.3 Å². The molecule has 4 aromatic rings. The summed E-state index contributed by atoms with van der Waals surface area (Å²) in [7, 11) is 0. The van der Waals surface area contributed by atoms with E-state index in [1.165, 1.54) is 15.7 Å². The van der Waals surface area contributed by atoms with Crippen molar-refractivity contribution in [3.05, 3.63) is 69.5 Å². The smallest absolute Gasteiger partial charge is 0.266 e. The molecule has 8 heteroatoms. The van der Waals surface area contributed by atoms with Gasteiger partial charge in [-0.2, -0.15) is 0 Å². The van der Waals surface area contributed by atoms with Crippen LogP contribution in [0.4, 0.5) is 0 Å². The molecule has 0 spiro atoms. The predicted octanol–water partition coefficient (Wildman–Crippen LogP) is 2.79. The van der Waals surface area contributed by atoms with E-state index in [1.807, 2.05) is 43.3 Å². The number of hydrogen-bond donors (Lipinski definition) is 1. The molecular weight excluding hydrogens is 390 g/mol. The third kappa shape index (κ3) is 3.11. The molecule has 0 saturated heterocycles. The van der Waals surface area contributed by atoms with Gasteiger partial charge in [0.2, 0.25) is 0 Å². The number of pyridine rings is 1. The Morgan fingerprint density at radius 2 is 2.10 bits per heavy atom. The quantitative estimate of drug-likeness (QED) is 0.565. The maximum Gasteiger partial charge on any atom is 0.266 e. The van der Waals surface area contributed by atoms with E-state index in [9.17, 15) is 9.59 Å². The number of hydrogen-bond acceptors (Lipinski definition) is 6. The maximum atomic E-state index is 12.8. The monoisotopic (exact) mass is 407 g/mol. The summed E-state index contributed by atoms with van der Waals surface area (Å²) in [6, 6.07) is 12.7. The molecule has 0 fully saturated rings. The number of para-hydroxylation sites is 2. The number of nitrogens with one attached hydrogen (secondary N) is 1. The van der Waals surface area contributed by atoms with Crippen molar-refractivity contribution >= 4 is 33.1 Å². The fourth-order valence-corrected chi connectivity index (χ4v) is 4.27. The molecule has 3 aromatic heterocycles. The zero-order valence-electron chi connectivity index (χ0n) is 15.5. The first-order chi connectivity index (χ1) is 14.1. The van der Waals surface area contributed by atoms with E-state index in [0.717, 1.165) is 5.56 Å². The van der Waals surface area contributed by atoms with Crippen LogP contribution in [0.5, 0.6) is 11.5 Å². The fourth-order valence-electron chi connectivity index (χ4n) is 3.33. The Labute approximate surface area is 169 Å². The van der Waals surface area contributed by atoms with Gasteiger partial charge in [-0.1, -0.05) is 18.2 Å². The number of aromatic nitrogens is 2. The zero-order valence-corrected chi connectivity index (χ0v) is 16.4. The summed E-state index contributed by atoms with van der Waals surface area (Å²) in [5.41, 5.74) is 1.33. The number of carbonyl (C=O) groups excluding carboxylic acids is 1. The predicted molar refractivity (Wildman–Crippen MR) is 110 cm³/mol. The van der Waals surface area contributed by atoms with Crippen LogP contribution in [-0.2, 0) is 0 Å². The SMILES string of the molecule is Cc1cccn2c(=O)c3cc(C(=O)NC[C@@H]4COc5ccccc5O4)sc3nc12. The Kier molecular flexibility index (Phi) is 4.21. The lowest BCUT2D eigenvalue weighted by Crippen LogP contribution is -2.40. The Morgan fingerprint density at radius 3 is 2.97 bits per heavy atom. The minimum absolute atomic E-state index is 0.176. The van der Waals surface area contributed by atoms with Crippen molar-refractivity contribution in [3.8, 4) is 11.5 Å². The van der Waals surface area contributed by atoms with E-state index < -0.39 is 0 Å². The fraction of sp³-hybridized carbons (Fsp3) is 0.190. The molecule has 1 atom stereocenters. The van der Waals surface area contributed by atoms with Crippen LogP contribution >= 0.6 is 11.3 Å². The van der Waals surface area contributed by atoms with Crippen LogP contribution in [0.25, 0.3) is 15.9 Å². The molecule has 5 rings (SSSR count). The van der Waals surface area contributed by atoms with Crippen LogP contribution in [0.3, 0.4) is 0 Å². The van der Waals surface area contributed by atoms with E-state index in [-0.39, 0.29) is 17.6 Å². The average Bonchev–Trinajstić information content (AvgIpc) is 3.18. The van der Waals surface area contributed by atoms with Gasteiger partial charge in [-0.15, -0.1) is 11.3 Å². The van der Waals surface area contributed by atoms with Crippen molar-refractivity contribution in [2.45, 2.75) is 13.0 Å². The summed E-state index contributed by atoms with van der Waals surface area (Å²) in [4.78, 5) is 31.0. The second-order valence-corrected chi connectivity index (χ2v) is 7.87. The number of ether oxygens (including phenoxy) is 2. The van der Waals surface area contributed by atoms with E-state index in [4.69, 9.17) is 9.47 Å². The third-order valence-corrected chi connectivity index (χ3v) is 5.84. The van der Waals surface area contributed by atoms with Crippen molar-refractivity contribution in [3.63, 3.8) is 0 Å². The van der Waals surface area contributed by atoms with Gasteiger partial charge in [0, 0.05) is 6.20 Å². The molecule has 1 aromatic carbocycles. The normalized spacial score (nSPS) is 15.6. The minimum Gasteiger partial charge on any atom is -0.486 e. The summed E-state index contributed by atoms with van der Waals surface area (Å²) in [6.45, 7) is 2.56. The highest BCUT2D eigenvalue weighted by molar-refractivity contribution is 7.20. The van der Waals surface area contributed by atoms with Crippen molar-refractivity contribution in [1.82, 2.24) is 14.7 Å². The first-order valence-corrected chi connectivity index (χ1v) is 10.00. The molecule has 0 unspecified atom stereocenters. The summed E-state index contributed by atoms with van der Waals surface area (Å²) in [5, 5.41) is 3.30. The molecule has 29 heavy (non-hydrogen) atoms. The number of amides is 1. The molecule has 1 aliphatic heterocycles. The summed E-state index contributed by atoms with van der Waals surface area (Å²) < 4.78 is 13.0. The highest BCUT2D eigenvalue weighted by atomic mass is 32.1. The number of benzene rings is 1. The van der Waals surface area contributed by atoms with Gasteiger partial charge in [-0.25, -0.2) is 4.98 Å². The van der Waals surface area contributed by atoms with E-state index in [2.05, 4.69) is 10.3 Å². The number of thiophene rings is 1. The Bertz CT molecular complexity index is 1310. The largest absolute Gasteiger partial charge is 0.486 e. The second-order valence-electron chi connectivity index (χ2n) is 6.84. The molecule has 1 amide bonds. The van der Waals surface area contributed by atoms with Crippen molar-refractivity contribution in [2.24, 2.45) is 0 Å². The van der Waals surface area contributed by atoms with E-state index in [0.29, 0.717) is 45.4 Å². The topological polar surface area (TPSA) is 81.9 Å². The standard InChI is InChI=1S/C21H17N3O4S/c1-12-5-4-8-24-18(12)23-20-14(21(24)26)9-17(29-20)19(25)22-10-13-11-27-15-6-2-3-7-16(15)28-13/h2-9,13H,10-11H2,1H3,(H,22,25)/t13-/m1/s1. The number of fused-ring (bicyclic) bond motifs is 3. The molecular formula is C21H17N3O4S. The zero-order chi connectivity index (χ0) is 20.0. The Balaban J connectivity index is 1.36. The first kappa shape index (κ1) is 17.7. The van der Waals surface area contributed by atoms with Crippen LogP contribution in [0.2, 0.25) is 0 Å². The maximum absolute atomic E-state index is 12.8. The number of carbonyl (C=O) groups is 1. The summed E-state index contributed by atoms with van der Waals surface area (Å²) in [5.74, 6) is 1.10. The van der Waals surface area contributed by atoms with Crippen molar-refractivity contribution in [1.29, 1.82) is 0 Å². The molecule has 1 aliphatic rings. The van der Waals surface area contributed by atoms with Gasteiger partial charge in [0.1, 0.15) is 23.2 Å². The average molecular weight is 407 g/mol. The number of aryl methyl sites for hydroxylation is 1. The summed E-state index contributed by atoms with van der Waals surface area (Å²) in [6.07, 6.45) is 1.41. The highest BCUT2D eigenvalue weighted by Crippen LogP contribution is 2.30. The van der Waals surface area contributed by atoms with Gasteiger partial charge in [-0.05, 0) is 36.8 Å². The highest BCUT2D eigenvalue weighted by Gasteiger charge is 2.22. The number of rotatable bonds is 3. The van der Waals surface area contributed by atoms with Crippen LogP contribution in [0, 0.1) is 6.92 Å². The van der Waals surface area contributed by atoms with Gasteiger partial charge in [0.25, 0.3) is 11.5 Å². The van der Waals surface area contributed by atoms with Gasteiger partial charge in [-0.3, -0.25) is 14.0 Å². The second kappa shape index (κ2) is 6.89. The Morgan fingerprint density at radius 1 is 1.28 bits per heavy atom. The van der Waals surface area contributed by atoms with Crippen LogP contribution in [-0.4, -0.2) is 34.5 Å². The van der Waals surface area contributed by atoms with E-state index >= 15 is 0 Å². The van der Waals surface area contributed by atoms with Crippen molar-refractivity contribution in [2.75, 3.05) is 13.2 Å². The van der Waals surface area contributed by atoms with Crippen molar-refractivity contribution < 1.29 is 14.3 Å². The molecule has 0 bridgehead atoms. The van der Waals surface area contributed by atoms with E-state index in [1.54, 1.807) is 12.3 Å². The van der Waals surface area contributed by atoms with Crippen LogP contribution in [0.1, 0.15) is 15.2 Å². The molecule has 7 nitrogen and oxygen atoms in total. The molecule has 0 aliphatic carbocycles. The minimum atomic E-state index is -0.280. The van der Waals surface area contributed by atoms with Gasteiger partial charge in [0.05, 0.1) is 16.8 Å². The Hall–Kier alpha value is -3.39. The summed E-state index contributed by atoms with van der Waals surface area (Å²) >= 11 is 1.21. The molecule has 1 N–H and O–H groups in total. The van der Waals surface area contributed by atoms with Crippen LogP contribution in [0.15, 0.2) is 53.5 Å². The lowest BCUT2D eigenvalue weighted by Gasteiger charge is -2.26. The molecule has 0 radical (unpaired) electrons. The van der Waals surface area contributed by atoms with Gasteiger partial charge in [0.15, 0.2) is 11.5 Å². The lowest BCUT2D eigenvalue weighted by molar-refractivity contribution is 0.0791. The molecule has 146 valence electrons. The van der Waals surface area contributed by atoms with Gasteiger partial charge >= 0.3 is 0 Å². The molecule has 4 heterocycles. The number of nitrogens with zero attached hydrogens (tertiary/aromatic N) is 2. The van der Waals surface area contributed by atoms with Gasteiger partial charge < -0.3 is 14.8 Å². The third-order valence-electron chi connectivity index (χ3n) is 4.81. The lowest BCUT2D eigenvalue weighted by atomic mass is 10.2. The first-order valence-electron chi connectivity index (χ1n) is 9.18.